The van der Waals surface area contributed by atoms with Gasteiger partial charge < -0.3 is 14.9 Å². The predicted octanol–water partition coefficient (Wildman–Crippen LogP) is -0.721. The molecule has 0 aromatic rings. The maximum atomic E-state index is 11.8. The molecule has 2 rings (SSSR count). The Morgan fingerprint density at radius 3 is 2.68 bits per heavy atom. The highest BCUT2D eigenvalue weighted by atomic mass is 16.5. The van der Waals surface area contributed by atoms with Crippen LogP contribution in [0.25, 0.3) is 0 Å². The molecule has 7 heteroatoms. The van der Waals surface area contributed by atoms with Gasteiger partial charge in [0.05, 0.1) is 18.6 Å². The number of rotatable bonds is 3. The maximum Gasteiger partial charge on any atom is 0.326 e. The Labute approximate surface area is 111 Å². The van der Waals surface area contributed by atoms with Crippen LogP contribution in [0.2, 0.25) is 0 Å². The average Bonchev–Trinajstić information content (AvgIpc) is 2.69. The van der Waals surface area contributed by atoms with E-state index in [0.717, 1.165) is 0 Å². The van der Waals surface area contributed by atoms with E-state index in [-0.39, 0.29) is 37.3 Å². The number of carbonyl (C=O) groups is 2. The number of urea groups is 1. The zero-order chi connectivity index (χ0) is 14.2. The lowest BCUT2D eigenvalue weighted by Gasteiger charge is -2.36. The van der Waals surface area contributed by atoms with Crippen molar-refractivity contribution in [3.63, 3.8) is 0 Å². The SMILES string of the molecule is CC(C)C1CN([C@H]2C[C@H](O)[C@@H](CO)O2)C(=O)NC1=O. The monoisotopic (exact) mass is 272 g/mol. The van der Waals surface area contributed by atoms with E-state index < -0.39 is 24.5 Å². The van der Waals surface area contributed by atoms with E-state index in [0.29, 0.717) is 0 Å². The second-order valence-corrected chi connectivity index (χ2v) is 5.41. The van der Waals surface area contributed by atoms with E-state index >= 15 is 0 Å². The summed E-state index contributed by atoms with van der Waals surface area (Å²) in [6.07, 6.45) is -1.81. The number of ether oxygens (including phenoxy) is 1. The fourth-order valence-corrected chi connectivity index (χ4v) is 2.48. The smallest absolute Gasteiger partial charge is 0.326 e. The number of aliphatic hydroxyl groups excluding tert-OH is 2. The lowest BCUT2D eigenvalue weighted by molar-refractivity contribution is -0.131. The van der Waals surface area contributed by atoms with Gasteiger partial charge in [-0.05, 0) is 5.92 Å². The molecule has 2 aliphatic heterocycles. The summed E-state index contributed by atoms with van der Waals surface area (Å²) < 4.78 is 5.45. The highest BCUT2D eigenvalue weighted by Crippen LogP contribution is 2.27. The second-order valence-electron chi connectivity index (χ2n) is 5.41. The Morgan fingerprint density at radius 2 is 2.16 bits per heavy atom. The van der Waals surface area contributed by atoms with E-state index in [1.54, 1.807) is 0 Å². The number of aliphatic hydroxyl groups is 2. The molecule has 0 aliphatic carbocycles. The first-order chi connectivity index (χ1) is 8.93. The summed E-state index contributed by atoms with van der Waals surface area (Å²) in [6, 6.07) is -0.502. The van der Waals surface area contributed by atoms with Crippen LogP contribution >= 0.6 is 0 Å². The van der Waals surface area contributed by atoms with Gasteiger partial charge in [-0.3, -0.25) is 15.0 Å². The zero-order valence-electron chi connectivity index (χ0n) is 11.1. The van der Waals surface area contributed by atoms with E-state index in [1.165, 1.54) is 4.90 Å². The summed E-state index contributed by atoms with van der Waals surface area (Å²) in [5.41, 5.74) is 0. The molecular weight excluding hydrogens is 252 g/mol. The second kappa shape index (κ2) is 5.44. The molecule has 0 saturated carbocycles. The predicted molar refractivity (Wildman–Crippen MR) is 64.9 cm³/mol. The molecule has 7 nitrogen and oxygen atoms in total. The Hall–Kier alpha value is -1.18. The third kappa shape index (κ3) is 2.72. The normalized spacial score (nSPS) is 35.9. The van der Waals surface area contributed by atoms with Crippen LogP contribution in [-0.4, -0.2) is 58.6 Å². The topological polar surface area (TPSA) is 99.1 Å². The van der Waals surface area contributed by atoms with Crippen molar-refractivity contribution in [3.8, 4) is 0 Å². The molecule has 3 N–H and O–H groups in total. The van der Waals surface area contributed by atoms with Gasteiger partial charge in [-0.15, -0.1) is 0 Å². The number of nitrogens with one attached hydrogen (secondary N) is 1. The standard InChI is InChI=1S/C12H20N2O5/c1-6(2)7-4-14(12(18)13-11(7)17)10-3-8(16)9(5-15)19-10/h6-10,15-16H,3-5H2,1-2H3,(H,13,17,18)/t7?,8-,9+,10+/m0/s1. The number of imide groups is 1. The van der Waals surface area contributed by atoms with Gasteiger partial charge >= 0.3 is 6.03 Å². The van der Waals surface area contributed by atoms with Crippen LogP contribution in [0, 0.1) is 11.8 Å². The summed E-state index contributed by atoms with van der Waals surface area (Å²) in [5.74, 6) is -0.448. The number of hydrogen-bond acceptors (Lipinski definition) is 5. The van der Waals surface area contributed by atoms with Gasteiger partial charge in [0, 0.05) is 13.0 Å². The maximum absolute atomic E-state index is 11.8. The van der Waals surface area contributed by atoms with E-state index in [1.807, 2.05) is 13.8 Å². The molecule has 2 saturated heterocycles. The number of nitrogens with zero attached hydrogens (tertiary/aromatic N) is 1. The summed E-state index contributed by atoms with van der Waals surface area (Å²) >= 11 is 0. The van der Waals surface area contributed by atoms with Crippen molar-refractivity contribution in [1.29, 1.82) is 0 Å². The van der Waals surface area contributed by atoms with E-state index in [9.17, 15) is 14.7 Å². The van der Waals surface area contributed by atoms with Crippen LogP contribution in [0.1, 0.15) is 20.3 Å². The molecule has 2 fully saturated rings. The minimum Gasteiger partial charge on any atom is -0.394 e. The minimum absolute atomic E-state index is 0.107. The largest absolute Gasteiger partial charge is 0.394 e. The molecular formula is C12H20N2O5. The molecule has 4 atom stereocenters. The molecule has 108 valence electrons. The van der Waals surface area contributed by atoms with E-state index in [4.69, 9.17) is 9.84 Å². The van der Waals surface area contributed by atoms with Gasteiger partial charge in [-0.2, -0.15) is 0 Å². The summed E-state index contributed by atoms with van der Waals surface area (Å²) in [5, 5.41) is 21.0. The summed E-state index contributed by atoms with van der Waals surface area (Å²) in [7, 11) is 0. The van der Waals surface area contributed by atoms with Crippen molar-refractivity contribution in [3.05, 3.63) is 0 Å². The van der Waals surface area contributed by atoms with Crippen LogP contribution in [0.4, 0.5) is 4.79 Å². The van der Waals surface area contributed by atoms with E-state index in [2.05, 4.69) is 5.32 Å². The number of hydrogen-bond donors (Lipinski definition) is 3. The fraction of sp³-hybridized carbons (Fsp3) is 0.833. The first-order valence-electron chi connectivity index (χ1n) is 6.50. The first-order valence-corrected chi connectivity index (χ1v) is 6.50. The van der Waals surface area contributed by atoms with Crippen LogP contribution in [0.5, 0.6) is 0 Å². The third-order valence-electron chi connectivity index (χ3n) is 3.76. The van der Waals surface area contributed by atoms with Gasteiger partial charge in [0.1, 0.15) is 12.3 Å². The van der Waals surface area contributed by atoms with Crippen LogP contribution in [-0.2, 0) is 9.53 Å². The zero-order valence-corrected chi connectivity index (χ0v) is 11.1. The van der Waals surface area contributed by atoms with Gasteiger partial charge in [0.15, 0.2) is 0 Å². The van der Waals surface area contributed by atoms with Crippen LogP contribution < -0.4 is 5.32 Å². The molecule has 3 amide bonds. The Balaban J connectivity index is 2.07. The van der Waals surface area contributed by atoms with Crippen molar-refractivity contribution < 1.29 is 24.5 Å². The van der Waals surface area contributed by atoms with Crippen molar-refractivity contribution >= 4 is 11.9 Å². The lowest BCUT2D eigenvalue weighted by Crippen LogP contribution is -2.58. The average molecular weight is 272 g/mol. The van der Waals surface area contributed by atoms with Gasteiger partial charge in [-0.1, -0.05) is 13.8 Å². The molecule has 0 radical (unpaired) electrons. The molecule has 0 aromatic heterocycles. The Morgan fingerprint density at radius 1 is 1.47 bits per heavy atom. The third-order valence-corrected chi connectivity index (χ3v) is 3.76. The molecule has 0 bridgehead atoms. The molecule has 2 aliphatic rings. The highest BCUT2D eigenvalue weighted by Gasteiger charge is 2.43. The lowest BCUT2D eigenvalue weighted by atomic mass is 9.93. The van der Waals surface area contributed by atoms with Crippen LogP contribution in [0.3, 0.4) is 0 Å². The molecule has 19 heavy (non-hydrogen) atoms. The Kier molecular flexibility index (Phi) is 4.07. The highest BCUT2D eigenvalue weighted by molar-refractivity contribution is 5.98. The van der Waals surface area contributed by atoms with Crippen molar-refractivity contribution in [2.24, 2.45) is 11.8 Å². The summed E-state index contributed by atoms with van der Waals surface area (Å²) in [6.45, 7) is 3.82. The van der Waals surface area contributed by atoms with Crippen LogP contribution in [0.15, 0.2) is 0 Å². The molecule has 2 heterocycles. The van der Waals surface area contributed by atoms with Gasteiger partial charge in [0.25, 0.3) is 0 Å². The molecule has 0 aromatic carbocycles. The van der Waals surface area contributed by atoms with Crippen molar-refractivity contribution in [2.45, 2.75) is 38.7 Å². The van der Waals surface area contributed by atoms with Crippen molar-refractivity contribution in [1.82, 2.24) is 10.2 Å². The van der Waals surface area contributed by atoms with Gasteiger partial charge in [0.2, 0.25) is 5.91 Å². The number of amides is 3. The Bertz CT molecular complexity index is 373. The van der Waals surface area contributed by atoms with Crippen molar-refractivity contribution in [2.75, 3.05) is 13.2 Å². The summed E-state index contributed by atoms with van der Waals surface area (Å²) in [4.78, 5) is 25.0. The minimum atomic E-state index is -0.794. The fourth-order valence-electron chi connectivity index (χ4n) is 2.48. The quantitative estimate of drug-likeness (QED) is 0.629. The number of carbonyl (C=O) groups excluding carboxylic acids is 2. The molecule has 0 spiro atoms. The first kappa shape index (κ1) is 14.2. The molecule has 1 unspecified atom stereocenters. The van der Waals surface area contributed by atoms with Gasteiger partial charge in [-0.25, -0.2) is 4.79 Å².